The summed E-state index contributed by atoms with van der Waals surface area (Å²) in [6.45, 7) is 3.29. The SMILES string of the molecule is COCC(C)NC(=O)C1CC(=O)N(CCc2ccc(F)cc2)C1. The number of carbonyl (C=O) groups excluding carboxylic acids is 2. The van der Waals surface area contributed by atoms with E-state index in [4.69, 9.17) is 4.74 Å². The number of nitrogens with zero attached hydrogens (tertiary/aromatic N) is 1. The minimum absolute atomic E-state index is 0.00773. The molecule has 0 radical (unpaired) electrons. The number of benzene rings is 1. The van der Waals surface area contributed by atoms with Crippen LogP contribution in [-0.2, 0) is 20.7 Å². The first-order valence-corrected chi connectivity index (χ1v) is 7.81. The van der Waals surface area contributed by atoms with Gasteiger partial charge < -0.3 is 15.0 Å². The summed E-state index contributed by atoms with van der Waals surface area (Å²) in [5.74, 6) is -0.693. The molecular weight excluding hydrogens is 299 g/mol. The lowest BCUT2D eigenvalue weighted by Crippen LogP contribution is -2.40. The van der Waals surface area contributed by atoms with Crippen molar-refractivity contribution in [3.63, 3.8) is 0 Å². The Labute approximate surface area is 135 Å². The van der Waals surface area contributed by atoms with Crippen LogP contribution < -0.4 is 5.32 Å². The van der Waals surface area contributed by atoms with Crippen LogP contribution in [0.5, 0.6) is 0 Å². The lowest BCUT2D eigenvalue weighted by molar-refractivity contribution is -0.129. The summed E-state index contributed by atoms with van der Waals surface area (Å²) in [5, 5.41) is 2.86. The normalized spacial score (nSPS) is 19.0. The number of rotatable bonds is 7. The van der Waals surface area contributed by atoms with Crippen LogP contribution in [-0.4, -0.2) is 49.6 Å². The molecule has 126 valence electrons. The minimum atomic E-state index is -0.310. The lowest BCUT2D eigenvalue weighted by Gasteiger charge is -2.18. The number of methoxy groups -OCH3 is 1. The third-order valence-corrected chi connectivity index (χ3v) is 3.97. The van der Waals surface area contributed by atoms with Gasteiger partial charge in [-0.05, 0) is 31.0 Å². The molecule has 1 aromatic rings. The van der Waals surface area contributed by atoms with Gasteiger partial charge in [0.15, 0.2) is 0 Å². The Morgan fingerprint density at radius 1 is 1.43 bits per heavy atom. The van der Waals surface area contributed by atoms with E-state index in [1.54, 1.807) is 24.1 Å². The van der Waals surface area contributed by atoms with Crippen LogP contribution in [0.25, 0.3) is 0 Å². The molecule has 0 aliphatic carbocycles. The number of ether oxygens (including phenoxy) is 1. The van der Waals surface area contributed by atoms with Crippen molar-refractivity contribution in [2.75, 3.05) is 26.8 Å². The maximum Gasteiger partial charge on any atom is 0.225 e. The molecule has 2 amide bonds. The Balaban J connectivity index is 1.82. The van der Waals surface area contributed by atoms with E-state index >= 15 is 0 Å². The van der Waals surface area contributed by atoms with Crippen LogP contribution >= 0.6 is 0 Å². The summed E-state index contributed by atoms with van der Waals surface area (Å²) >= 11 is 0. The maximum atomic E-state index is 12.9. The number of amides is 2. The molecule has 0 bridgehead atoms. The first-order valence-electron chi connectivity index (χ1n) is 7.81. The highest BCUT2D eigenvalue weighted by molar-refractivity contribution is 5.89. The van der Waals surface area contributed by atoms with E-state index in [1.807, 2.05) is 6.92 Å². The van der Waals surface area contributed by atoms with Crippen molar-refractivity contribution in [2.24, 2.45) is 5.92 Å². The Kier molecular flexibility index (Phi) is 6.10. The number of hydrogen-bond donors (Lipinski definition) is 1. The Hall–Kier alpha value is -1.95. The highest BCUT2D eigenvalue weighted by Gasteiger charge is 2.34. The second kappa shape index (κ2) is 8.06. The zero-order chi connectivity index (χ0) is 16.8. The topological polar surface area (TPSA) is 58.6 Å². The second-order valence-electron chi connectivity index (χ2n) is 5.98. The quantitative estimate of drug-likeness (QED) is 0.825. The summed E-state index contributed by atoms with van der Waals surface area (Å²) in [5.41, 5.74) is 0.973. The predicted octanol–water partition coefficient (Wildman–Crippen LogP) is 1.37. The molecule has 2 rings (SSSR count). The Morgan fingerprint density at radius 2 is 2.13 bits per heavy atom. The summed E-state index contributed by atoms with van der Waals surface area (Å²) in [4.78, 5) is 25.9. The van der Waals surface area contributed by atoms with Gasteiger partial charge in [-0.2, -0.15) is 0 Å². The van der Waals surface area contributed by atoms with Gasteiger partial charge in [-0.1, -0.05) is 12.1 Å². The number of nitrogens with one attached hydrogen (secondary N) is 1. The fourth-order valence-electron chi connectivity index (χ4n) is 2.73. The largest absolute Gasteiger partial charge is 0.383 e. The van der Waals surface area contributed by atoms with Crippen LogP contribution in [0, 0.1) is 11.7 Å². The minimum Gasteiger partial charge on any atom is -0.383 e. The van der Waals surface area contributed by atoms with Crippen molar-refractivity contribution in [1.82, 2.24) is 10.2 Å². The van der Waals surface area contributed by atoms with Crippen LogP contribution in [0.15, 0.2) is 24.3 Å². The van der Waals surface area contributed by atoms with Gasteiger partial charge in [0.2, 0.25) is 11.8 Å². The van der Waals surface area contributed by atoms with Gasteiger partial charge in [0.05, 0.1) is 12.5 Å². The number of likely N-dealkylation sites (tertiary alicyclic amines) is 1. The molecule has 2 atom stereocenters. The Bertz CT molecular complexity index is 547. The summed E-state index contributed by atoms with van der Waals surface area (Å²) in [7, 11) is 1.58. The van der Waals surface area contributed by atoms with Gasteiger partial charge in [-0.15, -0.1) is 0 Å². The van der Waals surface area contributed by atoms with Gasteiger partial charge in [0.25, 0.3) is 0 Å². The van der Waals surface area contributed by atoms with Crippen molar-refractivity contribution in [3.05, 3.63) is 35.6 Å². The summed E-state index contributed by atoms with van der Waals surface area (Å²) in [6.07, 6.45) is 0.898. The highest BCUT2D eigenvalue weighted by Crippen LogP contribution is 2.18. The van der Waals surface area contributed by atoms with Crippen LogP contribution in [0.2, 0.25) is 0 Å². The van der Waals surface area contributed by atoms with E-state index in [0.29, 0.717) is 26.1 Å². The van der Waals surface area contributed by atoms with Crippen molar-refractivity contribution in [1.29, 1.82) is 0 Å². The average Bonchev–Trinajstić information content (AvgIpc) is 2.88. The maximum absolute atomic E-state index is 12.9. The van der Waals surface area contributed by atoms with Gasteiger partial charge >= 0.3 is 0 Å². The molecule has 1 N–H and O–H groups in total. The monoisotopic (exact) mass is 322 g/mol. The zero-order valence-electron chi connectivity index (χ0n) is 13.5. The fraction of sp³-hybridized carbons (Fsp3) is 0.529. The predicted molar refractivity (Wildman–Crippen MR) is 84.3 cm³/mol. The molecule has 6 heteroatoms. The van der Waals surface area contributed by atoms with Crippen molar-refractivity contribution >= 4 is 11.8 Å². The van der Waals surface area contributed by atoms with Crippen LogP contribution in [0.3, 0.4) is 0 Å². The molecule has 1 aliphatic rings. The van der Waals surface area contributed by atoms with Gasteiger partial charge in [0, 0.05) is 32.7 Å². The molecule has 5 nitrogen and oxygen atoms in total. The molecule has 0 aromatic heterocycles. The van der Waals surface area contributed by atoms with Gasteiger partial charge in [-0.3, -0.25) is 9.59 Å². The molecule has 1 heterocycles. The number of carbonyl (C=O) groups is 2. The van der Waals surface area contributed by atoms with E-state index in [9.17, 15) is 14.0 Å². The Morgan fingerprint density at radius 3 is 2.78 bits per heavy atom. The average molecular weight is 322 g/mol. The second-order valence-corrected chi connectivity index (χ2v) is 5.98. The molecule has 1 aliphatic heterocycles. The van der Waals surface area contributed by atoms with Crippen LogP contribution in [0.1, 0.15) is 18.9 Å². The molecule has 2 unspecified atom stereocenters. The standard InChI is InChI=1S/C17H23FN2O3/c1-12(11-23-2)19-17(22)14-9-16(21)20(10-14)8-7-13-3-5-15(18)6-4-13/h3-6,12,14H,7-11H2,1-2H3,(H,19,22). The zero-order valence-corrected chi connectivity index (χ0v) is 13.5. The first kappa shape index (κ1) is 17.4. The highest BCUT2D eigenvalue weighted by atomic mass is 19.1. The van der Waals surface area contributed by atoms with E-state index in [1.165, 1.54) is 12.1 Å². The summed E-state index contributed by atoms with van der Waals surface area (Å²) in [6, 6.07) is 6.18. The smallest absolute Gasteiger partial charge is 0.225 e. The van der Waals surface area contributed by atoms with Crippen molar-refractivity contribution in [3.8, 4) is 0 Å². The van der Waals surface area contributed by atoms with Crippen molar-refractivity contribution in [2.45, 2.75) is 25.8 Å². The molecular formula is C17H23FN2O3. The molecule has 1 fully saturated rings. The van der Waals surface area contributed by atoms with E-state index in [-0.39, 0.29) is 36.0 Å². The number of hydrogen-bond acceptors (Lipinski definition) is 3. The molecule has 23 heavy (non-hydrogen) atoms. The van der Waals surface area contributed by atoms with Crippen molar-refractivity contribution < 1.29 is 18.7 Å². The van der Waals surface area contributed by atoms with E-state index in [0.717, 1.165) is 5.56 Å². The molecule has 1 saturated heterocycles. The van der Waals surface area contributed by atoms with E-state index in [2.05, 4.69) is 5.32 Å². The third-order valence-electron chi connectivity index (χ3n) is 3.97. The number of halogens is 1. The summed E-state index contributed by atoms with van der Waals surface area (Å²) < 4.78 is 17.9. The third kappa shape index (κ3) is 5.03. The fourth-order valence-corrected chi connectivity index (χ4v) is 2.73. The van der Waals surface area contributed by atoms with Gasteiger partial charge in [-0.25, -0.2) is 4.39 Å². The molecule has 0 spiro atoms. The molecule has 1 aromatic carbocycles. The lowest BCUT2D eigenvalue weighted by atomic mass is 10.1. The first-order chi connectivity index (χ1) is 11.0. The molecule has 0 saturated carbocycles. The van der Waals surface area contributed by atoms with E-state index < -0.39 is 0 Å². The van der Waals surface area contributed by atoms with Gasteiger partial charge in [0.1, 0.15) is 5.82 Å². The van der Waals surface area contributed by atoms with Crippen LogP contribution in [0.4, 0.5) is 4.39 Å².